The standard InChI is InChI=1S/C21H41ClO2/c1-3-5-7-8-9-10-11-12-13-14-15-16-17-19-21(23)24-20(22)18-6-4-2/h20H,3-19H2,1-2H3. The molecule has 3 heteroatoms. The number of alkyl halides is 1. The fourth-order valence-corrected chi connectivity index (χ4v) is 3.17. The maximum absolute atomic E-state index is 11.6. The molecule has 0 saturated carbocycles. The molecule has 0 aliphatic rings. The lowest BCUT2D eigenvalue weighted by atomic mass is 10.0. The van der Waals surface area contributed by atoms with E-state index < -0.39 is 5.56 Å². The van der Waals surface area contributed by atoms with E-state index in [1.54, 1.807) is 0 Å². The molecule has 0 aromatic heterocycles. The molecule has 0 saturated heterocycles. The summed E-state index contributed by atoms with van der Waals surface area (Å²) in [4.78, 5) is 11.6. The summed E-state index contributed by atoms with van der Waals surface area (Å²) in [5.74, 6) is -0.130. The van der Waals surface area contributed by atoms with E-state index in [-0.39, 0.29) is 5.97 Å². The lowest BCUT2D eigenvalue weighted by Gasteiger charge is -2.10. The Morgan fingerprint density at radius 2 is 1.12 bits per heavy atom. The van der Waals surface area contributed by atoms with E-state index in [0.717, 1.165) is 32.1 Å². The van der Waals surface area contributed by atoms with Gasteiger partial charge in [0.05, 0.1) is 0 Å². The minimum Gasteiger partial charge on any atom is -0.446 e. The molecule has 0 aromatic rings. The van der Waals surface area contributed by atoms with Gasteiger partial charge < -0.3 is 4.74 Å². The van der Waals surface area contributed by atoms with Gasteiger partial charge >= 0.3 is 5.97 Å². The second-order valence-electron chi connectivity index (χ2n) is 7.03. The number of esters is 1. The molecule has 0 rings (SSSR count). The quantitative estimate of drug-likeness (QED) is 0.142. The van der Waals surface area contributed by atoms with Crippen molar-refractivity contribution in [2.75, 3.05) is 0 Å². The molecule has 0 amide bonds. The Kier molecular flexibility index (Phi) is 18.9. The van der Waals surface area contributed by atoms with Gasteiger partial charge in [0, 0.05) is 6.42 Å². The van der Waals surface area contributed by atoms with Gasteiger partial charge in [0.2, 0.25) is 0 Å². The van der Waals surface area contributed by atoms with Crippen molar-refractivity contribution in [1.29, 1.82) is 0 Å². The summed E-state index contributed by atoms with van der Waals surface area (Å²) in [6, 6.07) is 0. The third kappa shape index (κ3) is 18.1. The van der Waals surface area contributed by atoms with Gasteiger partial charge in [0.15, 0.2) is 5.56 Å². The number of rotatable bonds is 18. The van der Waals surface area contributed by atoms with E-state index in [1.165, 1.54) is 70.6 Å². The topological polar surface area (TPSA) is 26.3 Å². The van der Waals surface area contributed by atoms with Crippen LogP contribution < -0.4 is 0 Å². The fraction of sp³-hybridized carbons (Fsp3) is 0.952. The lowest BCUT2D eigenvalue weighted by molar-refractivity contribution is -0.145. The molecule has 24 heavy (non-hydrogen) atoms. The highest BCUT2D eigenvalue weighted by Gasteiger charge is 2.10. The molecule has 0 aliphatic carbocycles. The molecule has 0 heterocycles. The van der Waals surface area contributed by atoms with Crippen LogP contribution in [-0.4, -0.2) is 11.5 Å². The van der Waals surface area contributed by atoms with Crippen molar-refractivity contribution in [2.24, 2.45) is 0 Å². The first-order chi connectivity index (χ1) is 11.7. The van der Waals surface area contributed by atoms with Crippen LogP contribution in [0.5, 0.6) is 0 Å². The van der Waals surface area contributed by atoms with E-state index in [4.69, 9.17) is 16.3 Å². The van der Waals surface area contributed by atoms with Gasteiger partial charge in [0.1, 0.15) is 0 Å². The van der Waals surface area contributed by atoms with Crippen molar-refractivity contribution < 1.29 is 9.53 Å². The van der Waals surface area contributed by atoms with Gasteiger partial charge in [-0.1, -0.05) is 109 Å². The summed E-state index contributed by atoms with van der Waals surface area (Å²) in [6.07, 6.45) is 20.5. The molecule has 0 bridgehead atoms. The second kappa shape index (κ2) is 19.1. The molecular weight excluding hydrogens is 320 g/mol. The van der Waals surface area contributed by atoms with Crippen LogP contribution >= 0.6 is 11.6 Å². The molecule has 0 aliphatic heterocycles. The molecule has 0 radical (unpaired) electrons. The van der Waals surface area contributed by atoms with Gasteiger partial charge in [-0.3, -0.25) is 4.79 Å². The van der Waals surface area contributed by atoms with Crippen LogP contribution in [0.1, 0.15) is 123 Å². The van der Waals surface area contributed by atoms with E-state index in [9.17, 15) is 4.79 Å². The van der Waals surface area contributed by atoms with Crippen LogP contribution in [0.3, 0.4) is 0 Å². The van der Waals surface area contributed by atoms with Crippen molar-refractivity contribution in [3.63, 3.8) is 0 Å². The minimum absolute atomic E-state index is 0.130. The number of ether oxygens (including phenoxy) is 1. The molecule has 0 N–H and O–H groups in total. The highest BCUT2D eigenvalue weighted by atomic mass is 35.5. The molecular formula is C21H41ClO2. The predicted molar refractivity (Wildman–Crippen MR) is 106 cm³/mol. The predicted octanol–water partition coefficient (Wildman–Crippen LogP) is 7.77. The largest absolute Gasteiger partial charge is 0.446 e. The zero-order valence-electron chi connectivity index (χ0n) is 16.3. The Hall–Kier alpha value is -0.240. The number of carbonyl (C=O) groups is 1. The molecule has 144 valence electrons. The van der Waals surface area contributed by atoms with Crippen LogP contribution in [-0.2, 0) is 9.53 Å². The number of halogens is 1. The van der Waals surface area contributed by atoms with Crippen molar-refractivity contribution in [3.05, 3.63) is 0 Å². The summed E-state index contributed by atoms with van der Waals surface area (Å²) in [6.45, 7) is 4.38. The Morgan fingerprint density at radius 3 is 1.58 bits per heavy atom. The Labute approximate surface area is 156 Å². The maximum Gasteiger partial charge on any atom is 0.307 e. The average Bonchev–Trinajstić information content (AvgIpc) is 2.57. The monoisotopic (exact) mass is 360 g/mol. The van der Waals surface area contributed by atoms with Gasteiger partial charge in [-0.2, -0.15) is 0 Å². The molecule has 2 nitrogen and oxygen atoms in total. The second-order valence-corrected chi connectivity index (χ2v) is 7.52. The molecule has 1 atom stereocenters. The summed E-state index contributed by atoms with van der Waals surface area (Å²) in [5.41, 5.74) is -0.431. The number of hydrogen-bond acceptors (Lipinski definition) is 2. The van der Waals surface area contributed by atoms with Crippen LogP contribution in [0.2, 0.25) is 0 Å². The van der Waals surface area contributed by atoms with E-state index in [2.05, 4.69) is 13.8 Å². The SMILES string of the molecule is CCCCCCCCCCCCCCCC(=O)OC(Cl)CCCC. The number of hydrogen-bond donors (Lipinski definition) is 0. The third-order valence-electron chi connectivity index (χ3n) is 4.53. The first kappa shape index (κ1) is 23.8. The smallest absolute Gasteiger partial charge is 0.307 e. The summed E-state index contributed by atoms with van der Waals surface area (Å²) >= 11 is 5.97. The van der Waals surface area contributed by atoms with Gasteiger partial charge in [-0.25, -0.2) is 0 Å². The number of carbonyl (C=O) groups excluding carboxylic acids is 1. The summed E-state index contributed by atoms with van der Waals surface area (Å²) in [7, 11) is 0. The number of unbranched alkanes of at least 4 members (excludes halogenated alkanes) is 13. The maximum atomic E-state index is 11.6. The van der Waals surface area contributed by atoms with Crippen LogP contribution in [0.25, 0.3) is 0 Å². The Balaban J connectivity index is 3.20. The third-order valence-corrected chi connectivity index (χ3v) is 4.84. The molecule has 0 fully saturated rings. The normalized spacial score (nSPS) is 12.3. The summed E-state index contributed by atoms with van der Waals surface area (Å²) in [5, 5.41) is 0. The van der Waals surface area contributed by atoms with Crippen molar-refractivity contribution >= 4 is 17.6 Å². The zero-order chi connectivity index (χ0) is 17.9. The molecule has 1 unspecified atom stereocenters. The van der Waals surface area contributed by atoms with Gasteiger partial charge in [-0.05, 0) is 19.3 Å². The Bertz CT molecular complexity index is 269. The summed E-state index contributed by atoms with van der Waals surface area (Å²) < 4.78 is 5.19. The van der Waals surface area contributed by atoms with Gasteiger partial charge in [0.25, 0.3) is 0 Å². The first-order valence-corrected chi connectivity index (χ1v) is 11.0. The average molecular weight is 361 g/mol. The van der Waals surface area contributed by atoms with Crippen molar-refractivity contribution in [1.82, 2.24) is 0 Å². The fourth-order valence-electron chi connectivity index (χ4n) is 2.91. The van der Waals surface area contributed by atoms with Crippen LogP contribution in [0.4, 0.5) is 0 Å². The first-order valence-electron chi connectivity index (χ1n) is 10.5. The minimum atomic E-state index is -0.431. The van der Waals surface area contributed by atoms with Gasteiger partial charge in [-0.15, -0.1) is 0 Å². The molecule has 0 spiro atoms. The van der Waals surface area contributed by atoms with E-state index >= 15 is 0 Å². The highest BCUT2D eigenvalue weighted by Crippen LogP contribution is 2.14. The van der Waals surface area contributed by atoms with Crippen LogP contribution in [0, 0.1) is 0 Å². The van der Waals surface area contributed by atoms with Crippen molar-refractivity contribution in [3.8, 4) is 0 Å². The Morgan fingerprint density at radius 1 is 0.708 bits per heavy atom. The van der Waals surface area contributed by atoms with E-state index in [1.807, 2.05) is 0 Å². The lowest BCUT2D eigenvalue weighted by Crippen LogP contribution is -2.12. The highest BCUT2D eigenvalue weighted by molar-refractivity contribution is 6.20. The van der Waals surface area contributed by atoms with Crippen LogP contribution in [0.15, 0.2) is 0 Å². The van der Waals surface area contributed by atoms with Crippen molar-refractivity contribution in [2.45, 2.75) is 129 Å². The zero-order valence-corrected chi connectivity index (χ0v) is 17.0. The molecule has 0 aromatic carbocycles. The van der Waals surface area contributed by atoms with E-state index in [0.29, 0.717) is 6.42 Å².